The number of amides is 2. The maximum Gasteiger partial charge on any atom is 0.265 e. The first-order chi connectivity index (χ1) is 19.5. The van der Waals surface area contributed by atoms with Gasteiger partial charge in [-0.25, -0.2) is 0 Å². The van der Waals surface area contributed by atoms with Gasteiger partial charge in [0.2, 0.25) is 5.91 Å². The van der Waals surface area contributed by atoms with E-state index in [-0.39, 0.29) is 11.8 Å². The van der Waals surface area contributed by atoms with Crippen LogP contribution in [0.25, 0.3) is 17.3 Å². The summed E-state index contributed by atoms with van der Waals surface area (Å²) in [6, 6.07) is 15.0. The van der Waals surface area contributed by atoms with Crippen LogP contribution in [-0.4, -0.2) is 59.0 Å². The van der Waals surface area contributed by atoms with E-state index in [9.17, 15) is 9.59 Å². The highest BCUT2D eigenvalue weighted by Gasteiger charge is 2.20. The van der Waals surface area contributed by atoms with Gasteiger partial charge in [0.15, 0.2) is 0 Å². The van der Waals surface area contributed by atoms with E-state index < -0.39 is 0 Å². The number of halogens is 2. The highest BCUT2D eigenvalue weighted by atomic mass is 35.5. The second-order valence-electron chi connectivity index (χ2n) is 10.0. The summed E-state index contributed by atoms with van der Waals surface area (Å²) < 4.78 is 3.99. The second-order valence-corrected chi connectivity index (χ2v) is 11.6. The fourth-order valence-electron chi connectivity index (χ4n) is 4.79. The van der Waals surface area contributed by atoms with Crippen LogP contribution in [0.1, 0.15) is 53.8 Å². The summed E-state index contributed by atoms with van der Waals surface area (Å²) in [5.74, 6) is 0.437. The van der Waals surface area contributed by atoms with Crippen LogP contribution < -0.4 is 10.6 Å². The number of nitrogens with zero attached hydrogens (tertiary/aromatic N) is 3. The molecule has 10 heteroatoms. The van der Waals surface area contributed by atoms with Gasteiger partial charge in [0.25, 0.3) is 5.91 Å². The largest absolute Gasteiger partial charge is 0.353 e. The topological polar surface area (TPSA) is 87.2 Å². The zero-order chi connectivity index (χ0) is 28.2. The first kappa shape index (κ1) is 30.2. The van der Waals surface area contributed by atoms with Gasteiger partial charge in [-0.05, 0) is 93.0 Å². The molecule has 1 aromatic heterocycles. The summed E-state index contributed by atoms with van der Waals surface area (Å²) in [6.45, 7) is 4.64. The third-order valence-corrected chi connectivity index (χ3v) is 8.57. The molecule has 1 saturated heterocycles. The molecule has 1 aliphatic rings. The molecule has 1 fully saturated rings. The molecular formula is C30H35Cl2N5O2S. The van der Waals surface area contributed by atoms with Gasteiger partial charge in [-0.15, -0.1) is 5.10 Å². The van der Waals surface area contributed by atoms with Crippen molar-refractivity contribution >= 4 is 52.6 Å². The molecule has 1 aliphatic heterocycles. The molecule has 7 nitrogen and oxygen atoms in total. The lowest BCUT2D eigenvalue weighted by molar-refractivity contribution is -0.116. The number of carbonyl (C=O) groups excluding carboxylic acids is 2. The molecule has 0 unspecified atom stereocenters. The third-order valence-electron chi connectivity index (χ3n) is 7.11. The minimum absolute atomic E-state index is 0.0926. The molecule has 4 rings (SSSR count). The fraction of sp³-hybridized carbons (Fsp3) is 0.400. The van der Waals surface area contributed by atoms with E-state index in [2.05, 4.69) is 25.1 Å². The summed E-state index contributed by atoms with van der Waals surface area (Å²) in [7, 11) is 0. The first-order valence-electron chi connectivity index (χ1n) is 13.8. The quantitative estimate of drug-likeness (QED) is 0.177. The second kappa shape index (κ2) is 15.9. The molecular weight excluding hydrogens is 565 g/mol. The lowest BCUT2D eigenvalue weighted by Gasteiger charge is -2.32. The van der Waals surface area contributed by atoms with Gasteiger partial charge in [-0.3, -0.25) is 9.59 Å². The minimum Gasteiger partial charge on any atom is -0.353 e. The Morgan fingerprint density at radius 3 is 2.55 bits per heavy atom. The molecule has 212 valence electrons. The molecule has 40 heavy (non-hydrogen) atoms. The van der Waals surface area contributed by atoms with Crippen molar-refractivity contribution in [1.29, 1.82) is 0 Å². The number of carbonyl (C=O) groups is 2. The van der Waals surface area contributed by atoms with Crippen LogP contribution in [0, 0.1) is 5.92 Å². The number of hydrogen-bond donors (Lipinski definition) is 2. The Bertz CT molecular complexity index is 1280. The van der Waals surface area contributed by atoms with Crippen molar-refractivity contribution in [2.45, 2.75) is 38.5 Å². The van der Waals surface area contributed by atoms with E-state index in [1.54, 1.807) is 18.2 Å². The number of rotatable bonds is 13. The van der Waals surface area contributed by atoms with Crippen LogP contribution >= 0.6 is 34.7 Å². The van der Waals surface area contributed by atoms with Crippen LogP contribution in [0.3, 0.4) is 0 Å². The molecule has 2 heterocycles. The molecule has 2 amide bonds. The Morgan fingerprint density at radius 1 is 0.975 bits per heavy atom. The lowest BCUT2D eigenvalue weighted by Crippen LogP contribution is -2.35. The standard InChI is InChI=1S/C30H35Cl2N5O2S/c31-25-11-9-23(21-26(25)32)10-12-27(38)33-16-5-2-6-18-37-19-14-22(15-20-37)13-17-34-30(39)29-28(35-36-40-29)24-7-3-1-4-8-24/h1,3-4,7-12,21-22H,2,5-6,13-20H2,(H,33,38)(H,34,39)/b12-10+. The number of piperidine rings is 1. The van der Waals surface area contributed by atoms with Crippen molar-refractivity contribution in [3.8, 4) is 11.3 Å². The van der Waals surface area contributed by atoms with E-state index in [1.807, 2.05) is 36.4 Å². The SMILES string of the molecule is O=C(/C=C/c1ccc(Cl)c(Cl)c1)NCCCCCN1CCC(CCNC(=O)c2snnc2-c2ccccc2)CC1. The van der Waals surface area contributed by atoms with Crippen LogP contribution in [0.4, 0.5) is 0 Å². The average Bonchev–Trinajstić information content (AvgIpc) is 3.47. The molecule has 0 bridgehead atoms. The van der Waals surface area contributed by atoms with Crippen molar-refractivity contribution in [2.24, 2.45) is 5.92 Å². The molecule has 0 aliphatic carbocycles. The van der Waals surface area contributed by atoms with Gasteiger partial charge in [0.1, 0.15) is 10.6 Å². The van der Waals surface area contributed by atoms with Gasteiger partial charge < -0.3 is 15.5 Å². The lowest BCUT2D eigenvalue weighted by atomic mass is 9.93. The molecule has 0 spiro atoms. The smallest absolute Gasteiger partial charge is 0.265 e. The molecule has 0 radical (unpaired) electrons. The van der Waals surface area contributed by atoms with Crippen molar-refractivity contribution in [3.63, 3.8) is 0 Å². The summed E-state index contributed by atoms with van der Waals surface area (Å²) in [5, 5.41) is 11.1. The summed E-state index contributed by atoms with van der Waals surface area (Å²) in [6.07, 6.45) is 9.74. The van der Waals surface area contributed by atoms with E-state index in [0.717, 1.165) is 80.8 Å². The normalized spacial score (nSPS) is 14.4. The van der Waals surface area contributed by atoms with Crippen molar-refractivity contribution in [3.05, 3.63) is 75.1 Å². The minimum atomic E-state index is -0.107. The first-order valence-corrected chi connectivity index (χ1v) is 15.3. The highest BCUT2D eigenvalue weighted by Crippen LogP contribution is 2.25. The number of aromatic nitrogens is 2. The zero-order valence-corrected chi connectivity index (χ0v) is 24.8. The molecule has 0 atom stereocenters. The Labute approximate surface area is 250 Å². The summed E-state index contributed by atoms with van der Waals surface area (Å²) in [4.78, 5) is 27.8. The van der Waals surface area contributed by atoms with Crippen molar-refractivity contribution in [1.82, 2.24) is 25.1 Å². The van der Waals surface area contributed by atoms with E-state index in [1.165, 1.54) is 6.08 Å². The van der Waals surface area contributed by atoms with Crippen molar-refractivity contribution in [2.75, 3.05) is 32.7 Å². The van der Waals surface area contributed by atoms with Crippen LogP contribution in [0.5, 0.6) is 0 Å². The Kier molecular flexibility index (Phi) is 12.0. The summed E-state index contributed by atoms with van der Waals surface area (Å²) >= 11 is 13.1. The number of likely N-dealkylation sites (tertiary alicyclic amines) is 1. The van der Waals surface area contributed by atoms with Gasteiger partial charge in [0, 0.05) is 24.7 Å². The number of nitrogens with one attached hydrogen (secondary N) is 2. The van der Waals surface area contributed by atoms with Gasteiger partial charge in [-0.1, -0.05) is 70.5 Å². The fourth-order valence-corrected chi connectivity index (χ4v) is 5.70. The van der Waals surface area contributed by atoms with E-state index >= 15 is 0 Å². The maximum absolute atomic E-state index is 12.7. The highest BCUT2D eigenvalue weighted by molar-refractivity contribution is 7.08. The predicted octanol–water partition coefficient (Wildman–Crippen LogP) is 6.34. The number of unbranched alkanes of at least 4 members (excludes halogenated alkanes) is 2. The molecule has 0 saturated carbocycles. The van der Waals surface area contributed by atoms with Crippen LogP contribution in [0.15, 0.2) is 54.6 Å². The van der Waals surface area contributed by atoms with Crippen molar-refractivity contribution < 1.29 is 9.59 Å². The molecule has 2 N–H and O–H groups in total. The number of benzene rings is 2. The molecule has 2 aromatic carbocycles. The van der Waals surface area contributed by atoms with Crippen LogP contribution in [0.2, 0.25) is 10.0 Å². The number of hydrogen-bond acceptors (Lipinski definition) is 6. The zero-order valence-electron chi connectivity index (χ0n) is 22.5. The van der Waals surface area contributed by atoms with E-state index in [0.29, 0.717) is 39.6 Å². The van der Waals surface area contributed by atoms with Crippen LogP contribution in [-0.2, 0) is 4.79 Å². The van der Waals surface area contributed by atoms with Gasteiger partial charge in [-0.2, -0.15) is 0 Å². The third kappa shape index (κ3) is 9.41. The Balaban J connectivity index is 1.03. The predicted molar refractivity (Wildman–Crippen MR) is 164 cm³/mol. The Hall–Kier alpha value is -2.78. The average molecular weight is 601 g/mol. The van der Waals surface area contributed by atoms with Gasteiger partial charge >= 0.3 is 0 Å². The summed E-state index contributed by atoms with van der Waals surface area (Å²) in [5.41, 5.74) is 2.39. The monoisotopic (exact) mass is 599 g/mol. The maximum atomic E-state index is 12.7. The van der Waals surface area contributed by atoms with Gasteiger partial charge in [0.05, 0.1) is 10.0 Å². The van der Waals surface area contributed by atoms with E-state index in [4.69, 9.17) is 23.2 Å². The Morgan fingerprint density at radius 2 is 1.77 bits per heavy atom. The molecule has 3 aromatic rings.